The van der Waals surface area contributed by atoms with Crippen molar-refractivity contribution >= 4 is 0 Å². The van der Waals surface area contributed by atoms with E-state index in [2.05, 4.69) is 31.0 Å². The number of alkyl halides is 3. The minimum Gasteiger partial charge on any atom is -0.311 e. The Bertz CT molecular complexity index is 262. The second kappa shape index (κ2) is 6.93. The van der Waals surface area contributed by atoms with Crippen LogP contribution in [-0.4, -0.2) is 42.3 Å². The predicted molar refractivity (Wildman–Crippen MR) is 72.3 cm³/mol. The lowest BCUT2D eigenvalue weighted by atomic mass is 9.86. The lowest BCUT2D eigenvalue weighted by molar-refractivity contribution is -0.143. The van der Waals surface area contributed by atoms with E-state index in [0.29, 0.717) is 6.04 Å². The molecule has 114 valence electrons. The Hall–Kier alpha value is -0.290. The summed E-state index contributed by atoms with van der Waals surface area (Å²) in [7, 11) is 0. The third-order valence-electron chi connectivity index (χ3n) is 4.45. The monoisotopic (exact) mass is 280 g/mol. The third-order valence-corrected chi connectivity index (χ3v) is 4.45. The highest BCUT2D eigenvalue weighted by Crippen LogP contribution is 2.30. The molecule has 0 bridgehead atoms. The van der Waals surface area contributed by atoms with Crippen molar-refractivity contribution < 1.29 is 13.2 Å². The van der Waals surface area contributed by atoms with Gasteiger partial charge in [0.25, 0.3) is 0 Å². The van der Waals surface area contributed by atoms with Crippen molar-refractivity contribution in [3.8, 4) is 0 Å². The van der Waals surface area contributed by atoms with Crippen LogP contribution in [0.2, 0.25) is 0 Å². The van der Waals surface area contributed by atoms with Crippen molar-refractivity contribution in [2.75, 3.05) is 19.6 Å². The maximum atomic E-state index is 12.5. The van der Waals surface area contributed by atoms with E-state index in [1.165, 1.54) is 0 Å². The molecule has 1 saturated heterocycles. The van der Waals surface area contributed by atoms with Gasteiger partial charge in [0.05, 0.1) is 6.42 Å². The highest BCUT2D eigenvalue weighted by Gasteiger charge is 2.40. The smallest absolute Gasteiger partial charge is 0.311 e. The van der Waals surface area contributed by atoms with Crippen LogP contribution in [0.15, 0.2) is 0 Å². The molecule has 1 rings (SSSR count). The number of nitrogens with zero attached hydrogens (tertiary/aromatic N) is 1. The van der Waals surface area contributed by atoms with E-state index in [1.54, 1.807) is 0 Å². The minimum atomic E-state index is -4.06. The SMILES string of the molecule is CCCC1CN(CCC(F)(F)F)C(CC)(CC)CN1. The molecule has 2 nitrogen and oxygen atoms in total. The van der Waals surface area contributed by atoms with Crippen molar-refractivity contribution in [2.45, 2.75) is 70.6 Å². The number of nitrogens with one attached hydrogen (secondary N) is 1. The molecule has 0 spiro atoms. The molecule has 0 amide bonds. The van der Waals surface area contributed by atoms with E-state index in [1.807, 2.05) is 0 Å². The van der Waals surface area contributed by atoms with Crippen LogP contribution >= 0.6 is 0 Å². The average Bonchev–Trinajstić information content (AvgIpc) is 2.36. The first-order valence-electron chi connectivity index (χ1n) is 7.42. The Morgan fingerprint density at radius 2 is 1.84 bits per heavy atom. The standard InChI is InChI=1S/C14H27F3N2/c1-4-7-12-10-19(9-8-14(15,16)17)13(5-2,6-3)11-18-12/h12,18H,4-11H2,1-3H3. The summed E-state index contributed by atoms with van der Waals surface area (Å²) >= 11 is 0. The second-order valence-corrected chi connectivity index (χ2v) is 5.61. The quantitative estimate of drug-likeness (QED) is 0.800. The molecule has 1 atom stereocenters. The van der Waals surface area contributed by atoms with Crippen LogP contribution in [0.1, 0.15) is 52.9 Å². The first-order chi connectivity index (χ1) is 8.87. The molecule has 1 aliphatic rings. The lowest BCUT2D eigenvalue weighted by Crippen LogP contribution is -2.64. The normalized spacial score (nSPS) is 24.6. The summed E-state index contributed by atoms with van der Waals surface area (Å²) in [6.07, 6.45) is -0.867. The molecule has 1 N–H and O–H groups in total. The summed E-state index contributed by atoms with van der Waals surface area (Å²) in [4.78, 5) is 2.08. The van der Waals surface area contributed by atoms with Crippen molar-refractivity contribution in [3.05, 3.63) is 0 Å². The maximum absolute atomic E-state index is 12.5. The van der Waals surface area contributed by atoms with E-state index < -0.39 is 12.6 Å². The first kappa shape index (κ1) is 16.8. The largest absolute Gasteiger partial charge is 0.390 e. The highest BCUT2D eigenvalue weighted by molar-refractivity contribution is 4.97. The van der Waals surface area contributed by atoms with Crippen LogP contribution in [-0.2, 0) is 0 Å². The molecule has 1 heterocycles. The molecule has 0 aliphatic carbocycles. The molecule has 0 aromatic carbocycles. The summed E-state index contributed by atoms with van der Waals surface area (Å²) in [5.74, 6) is 0. The van der Waals surface area contributed by atoms with Crippen molar-refractivity contribution in [2.24, 2.45) is 0 Å². The molecule has 0 aromatic rings. The number of halogens is 3. The summed E-state index contributed by atoms with van der Waals surface area (Å²) < 4.78 is 37.4. The number of hydrogen-bond donors (Lipinski definition) is 1. The Kier molecular flexibility index (Phi) is 6.12. The van der Waals surface area contributed by atoms with E-state index in [-0.39, 0.29) is 12.1 Å². The Morgan fingerprint density at radius 3 is 2.32 bits per heavy atom. The van der Waals surface area contributed by atoms with Gasteiger partial charge in [0, 0.05) is 31.2 Å². The van der Waals surface area contributed by atoms with Crippen LogP contribution in [0.5, 0.6) is 0 Å². The van der Waals surface area contributed by atoms with E-state index in [9.17, 15) is 13.2 Å². The number of piperazine rings is 1. The van der Waals surface area contributed by atoms with Crippen LogP contribution in [0.3, 0.4) is 0 Å². The highest BCUT2D eigenvalue weighted by atomic mass is 19.4. The van der Waals surface area contributed by atoms with Crippen molar-refractivity contribution in [1.29, 1.82) is 0 Å². The molecule has 1 unspecified atom stereocenters. The summed E-state index contributed by atoms with van der Waals surface area (Å²) in [6.45, 7) is 7.95. The van der Waals surface area contributed by atoms with E-state index >= 15 is 0 Å². The Balaban J connectivity index is 2.70. The van der Waals surface area contributed by atoms with Crippen LogP contribution in [0.25, 0.3) is 0 Å². The zero-order valence-corrected chi connectivity index (χ0v) is 12.3. The van der Waals surface area contributed by atoms with Gasteiger partial charge >= 0.3 is 6.18 Å². The molecule has 0 saturated carbocycles. The molecule has 5 heteroatoms. The van der Waals surface area contributed by atoms with Gasteiger partial charge < -0.3 is 5.32 Å². The van der Waals surface area contributed by atoms with Gasteiger partial charge in [0.2, 0.25) is 0 Å². The molecule has 0 aromatic heterocycles. The summed E-state index contributed by atoms with van der Waals surface area (Å²) in [5.41, 5.74) is -0.102. The van der Waals surface area contributed by atoms with E-state index in [0.717, 1.165) is 38.8 Å². The summed E-state index contributed by atoms with van der Waals surface area (Å²) in [5, 5.41) is 3.52. The van der Waals surface area contributed by atoms with Gasteiger partial charge in [0.15, 0.2) is 0 Å². The van der Waals surface area contributed by atoms with Crippen molar-refractivity contribution in [3.63, 3.8) is 0 Å². The molecule has 0 radical (unpaired) electrons. The third kappa shape index (κ3) is 4.63. The molecular weight excluding hydrogens is 253 g/mol. The molecular formula is C14H27F3N2. The number of rotatable bonds is 6. The molecule has 1 fully saturated rings. The predicted octanol–water partition coefficient (Wildman–Crippen LogP) is 3.57. The minimum absolute atomic E-state index is 0.102. The van der Waals surface area contributed by atoms with Gasteiger partial charge in [-0.15, -0.1) is 0 Å². The van der Waals surface area contributed by atoms with Gasteiger partial charge in [-0.2, -0.15) is 13.2 Å². The lowest BCUT2D eigenvalue weighted by Gasteiger charge is -2.50. The Morgan fingerprint density at radius 1 is 1.21 bits per heavy atom. The second-order valence-electron chi connectivity index (χ2n) is 5.61. The average molecular weight is 280 g/mol. The van der Waals surface area contributed by atoms with Crippen molar-refractivity contribution in [1.82, 2.24) is 10.2 Å². The maximum Gasteiger partial charge on any atom is 0.390 e. The van der Waals surface area contributed by atoms with Gasteiger partial charge in [-0.3, -0.25) is 4.90 Å². The fourth-order valence-corrected chi connectivity index (χ4v) is 3.05. The van der Waals surface area contributed by atoms with Crippen LogP contribution < -0.4 is 5.32 Å². The topological polar surface area (TPSA) is 15.3 Å². The first-order valence-corrected chi connectivity index (χ1v) is 7.42. The van der Waals surface area contributed by atoms with Crippen LogP contribution in [0.4, 0.5) is 13.2 Å². The Labute approximate surface area is 114 Å². The van der Waals surface area contributed by atoms with Gasteiger partial charge in [-0.1, -0.05) is 27.2 Å². The van der Waals surface area contributed by atoms with Gasteiger partial charge in [-0.25, -0.2) is 0 Å². The fraction of sp³-hybridized carbons (Fsp3) is 1.00. The number of hydrogen-bond acceptors (Lipinski definition) is 2. The van der Waals surface area contributed by atoms with Gasteiger partial charge in [-0.05, 0) is 19.3 Å². The zero-order chi connectivity index (χ0) is 14.5. The fourth-order valence-electron chi connectivity index (χ4n) is 3.05. The van der Waals surface area contributed by atoms with Crippen LogP contribution in [0, 0.1) is 0 Å². The molecule has 1 aliphatic heterocycles. The van der Waals surface area contributed by atoms with Gasteiger partial charge in [0.1, 0.15) is 0 Å². The molecule has 19 heavy (non-hydrogen) atoms. The van der Waals surface area contributed by atoms with E-state index in [4.69, 9.17) is 0 Å². The summed E-state index contributed by atoms with van der Waals surface area (Å²) in [6, 6.07) is 0.337. The zero-order valence-electron chi connectivity index (χ0n) is 12.3.